The maximum Gasteiger partial charge on any atom is 0.227 e. The molecule has 0 N–H and O–H groups in total. The van der Waals surface area contributed by atoms with Crippen LogP contribution in [0.25, 0.3) is 0 Å². The third kappa shape index (κ3) is 5.40. The molecule has 1 unspecified atom stereocenters. The van der Waals surface area contributed by atoms with Gasteiger partial charge in [-0.25, -0.2) is 0 Å². The van der Waals surface area contributed by atoms with E-state index >= 15 is 0 Å². The van der Waals surface area contributed by atoms with Crippen LogP contribution in [-0.4, -0.2) is 62.7 Å². The summed E-state index contributed by atoms with van der Waals surface area (Å²) in [5, 5.41) is 0. The van der Waals surface area contributed by atoms with Gasteiger partial charge in [0, 0.05) is 26.2 Å². The highest BCUT2D eigenvalue weighted by Crippen LogP contribution is 2.32. The van der Waals surface area contributed by atoms with Crippen LogP contribution in [0.1, 0.15) is 29.5 Å². The van der Waals surface area contributed by atoms with Gasteiger partial charge in [0.2, 0.25) is 5.91 Å². The largest absolute Gasteiger partial charge is 0.493 e. The molecule has 2 heterocycles. The summed E-state index contributed by atoms with van der Waals surface area (Å²) in [5.41, 5.74) is 3.66. The van der Waals surface area contributed by atoms with Crippen molar-refractivity contribution >= 4 is 5.91 Å². The van der Waals surface area contributed by atoms with Gasteiger partial charge in [-0.05, 0) is 67.0 Å². The second-order valence-corrected chi connectivity index (χ2v) is 8.79. The Morgan fingerprint density at radius 3 is 2.48 bits per heavy atom. The van der Waals surface area contributed by atoms with Gasteiger partial charge in [0.25, 0.3) is 0 Å². The molecule has 4 rings (SSSR count). The Morgan fingerprint density at radius 1 is 1.00 bits per heavy atom. The normalized spacial score (nSPS) is 19.6. The summed E-state index contributed by atoms with van der Waals surface area (Å²) < 4.78 is 10.9. The van der Waals surface area contributed by atoms with Gasteiger partial charge < -0.3 is 19.3 Å². The Hall–Kier alpha value is -2.53. The number of hydrogen-bond acceptors (Lipinski definition) is 4. The number of methoxy groups -OCH3 is 2. The maximum absolute atomic E-state index is 13.0. The Bertz CT molecular complexity index is 884. The van der Waals surface area contributed by atoms with Crippen molar-refractivity contribution in [1.82, 2.24) is 9.80 Å². The topological polar surface area (TPSA) is 42.0 Å². The minimum absolute atomic E-state index is 0.229. The third-order valence-electron chi connectivity index (χ3n) is 6.69. The van der Waals surface area contributed by atoms with Crippen LogP contribution >= 0.6 is 0 Å². The molecule has 31 heavy (non-hydrogen) atoms. The Morgan fingerprint density at radius 2 is 1.74 bits per heavy atom. The first-order chi connectivity index (χ1) is 15.2. The molecule has 0 aromatic heterocycles. The first-order valence-corrected chi connectivity index (χ1v) is 11.4. The lowest BCUT2D eigenvalue weighted by Gasteiger charge is -2.35. The number of ether oxygens (including phenoxy) is 2. The zero-order chi connectivity index (χ0) is 21.6. The molecule has 0 bridgehead atoms. The molecule has 2 aromatic carbocycles. The van der Waals surface area contributed by atoms with Crippen molar-refractivity contribution in [3.05, 3.63) is 59.2 Å². The molecular formula is C26H34N2O3. The zero-order valence-electron chi connectivity index (χ0n) is 18.8. The predicted octanol–water partition coefficient (Wildman–Crippen LogP) is 3.59. The van der Waals surface area contributed by atoms with E-state index in [4.69, 9.17) is 9.47 Å². The summed E-state index contributed by atoms with van der Waals surface area (Å²) in [6, 6.07) is 14.7. The van der Waals surface area contributed by atoms with Crippen molar-refractivity contribution in [3.8, 4) is 11.5 Å². The Kier molecular flexibility index (Phi) is 7.13. The molecule has 1 saturated heterocycles. The smallest absolute Gasteiger partial charge is 0.227 e. The van der Waals surface area contributed by atoms with E-state index in [2.05, 4.69) is 40.1 Å². The summed E-state index contributed by atoms with van der Waals surface area (Å²) in [6.07, 6.45) is 4.83. The molecule has 0 aliphatic carbocycles. The molecular weight excluding hydrogens is 388 g/mol. The van der Waals surface area contributed by atoms with Crippen molar-refractivity contribution in [3.63, 3.8) is 0 Å². The van der Waals surface area contributed by atoms with E-state index in [1.54, 1.807) is 14.2 Å². The average molecular weight is 423 g/mol. The van der Waals surface area contributed by atoms with Crippen molar-refractivity contribution in [2.24, 2.45) is 5.92 Å². The van der Waals surface area contributed by atoms with Gasteiger partial charge in [0.15, 0.2) is 11.5 Å². The number of benzene rings is 2. The van der Waals surface area contributed by atoms with Crippen LogP contribution in [0.15, 0.2) is 42.5 Å². The first kappa shape index (κ1) is 21.7. The summed E-state index contributed by atoms with van der Waals surface area (Å²) in [5.74, 6) is 2.22. The fourth-order valence-corrected chi connectivity index (χ4v) is 4.96. The standard InChI is InChI=1S/C26H34N2O3/c1-30-24-15-22-11-14-28(26(29)17-23(22)16-25(24)31-2)19-21-9-6-12-27(18-21)13-10-20-7-4-3-5-8-20/h3-5,7-8,15-16,21H,6,9-14,17-19H2,1-2H3. The number of likely N-dealkylation sites (tertiary alicyclic amines) is 1. The SMILES string of the molecule is COc1cc2c(cc1OC)CC(=O)N(CC1CCCN(CCc3ccccc3)C1)CC2. The van der Waals surface area contributed by atoms with Crippen LogP contribution in [0.3, 0.4) is 0 Å². The molecule has 1 atom stereocenters. The predicted molar refractivity (Wildman–Crippen MR) is 123 cm³/mol. The summed E-state index contributed by atoms with van der Waals surface area (Å²) in [4.78, 5) is 17.7. The monoisotopic (exact) mass is 422 g/mol. The van der Waals surface area contributed by atoms with Crippen LogP contribution in [0.5, 0.6) is 11.5 Å². The quantitative estimate of drug-likeness (QED) is 0.684. The van der Waals surface area contributed by atoms with E-state index in [1.807, 2.05) is 12.1 Å². The lowest BCUT2D eigenvalue weighted by Crippen LogP contribution is -2.44. The number of rotatable bonds is 7. The molecule has 1 amide bonds. The van der Waals surface area contributed by atoms with Crippen LogP contribution in [0, 0.1) is 5.92 Å². The maximum atomic E-state index is 13.0. The van der Waals surface area contributed by atoms with E-state index in [1.165, 1.54) is 30.5 Å². The highest BCUT2D eigenvalue weighted by Gasteiger charge is 2.27. The van der Waals surface area contributed by atoms with Crippen LogP contribution in [0.4, 0.5) is 0 Å². The van der Waals surface area contributed by atoms with Crippen molar-refractivity contribution in [1.29, 1.82) is 0 Å². The number of nitrogens with zero attached hydrogens (tertiary/aromatic N) is 2. The molecule has 166 valence electrons. The van der Waals surface area contributed by atoms with Crippen LogP contribution in [-0.2, 0) is 24.1 Å². The van der Waals surface area contributed by atoms with E-state index in [9.17, 15) is 4.79 Å². The van der Waals surface area contributed by atoms with Crippen LogP contribution in [0.2, 0.25) is 0 Å². The second kappa shape index (κ2) is 10.2. The molecule has 1 fully saturated rings. The van der Waals surface area contributed by atoms with Gasteiger partial charge in [-0.15, -0.1) is 0 Å². The summed E-state index contributed by atoms with van der Waals surface area (Å²) in [7, 11) is 3.30. The number of carbonyl (C=O) groups is 1. The lowest BCUT2D eigenvalue weighted by molar-refractivity contribution is -0.131. The Balaban J connectivity index is 1.35. The number of piperidine rings is 1. The van der Waals surface area contributed by atoms with Gasteiger partial charge in [-0.3, -0.25) is 4.79 Å². The van der Waals surface area contributed by atoms with Gasteiger partial charge in [0.05, 0.1) is 20.6 Å². The average Bonchev–Trinajstić information content (AvgIpc) is 2.95. The van der Waals surface area contributed by atoms with Crippen molar-refractivity contribution in [2.45, 2.75) is 32.1 Å². The Labute approximate surface area is 185 Å². The molecule has 2 aromatic rings. The minimum Gasteiger partial charge on any atom is -0.493 e. The molecule has 0 saturated carbocycles. The highest BCUT2D eigenvalue weighted by molar-refractivity contribution is 5.80. The fraction of sp³-hybridized carbons (Fsp3) is 0.500. The third-order valence-corrected chi connectivity index (χ3v) is 6.69. The van der Waals surface area contributed by atoms with E-state index in [-0.39, 0.29) is 5.91 Å². The summed E-state index contributed by atoms with van der Waals surface area (Å²) in [6.45, 7) is 5.00. The number of fused-ring (bicyclic) bond motifs is 1. The van der Waals surface area contributed by atoms with Crippen LogP contribution < -0.4 is 9.47 Å². The number of amides is 1. The fourth-order valence-electron chi connectivity index (χ4n) is 4.96. The molecule has 0 spiro atoms. The summed E-state index contributed by atoms with van der Waals surface area (Å²) >= 11 is 0. The molecule has 5 nitrogen and oxygen atoms in total. The van der Waals surface area contributed by atoms with E-state index < -0.39 is 0 Å². The van der Waals surface area contributed by atoms with E-state index in [0.29, 0.717) is 18.1 Å². The van der Waals surface area contributed by atoms with E-state index in [0.717, 1.165) is 50.3 Å². The molecule has 2 aliphatic heterocycles. The van der Waals surface area contributed by atoms with Gasteiger partial charge in [-0.2, -0.15) is 0 Å². The van der Waals surface area contributed by atoms with Crippen molar-refractivity contribution in [2.75, 3.05) is 46.9 Å². The van der Waals surface area contributed by atoms with Gasteiger partial charge >= 0.3 is 0 Å². The molecule has 5 heteroatoms. The van der Waals surface area contributed by atoms with Gasteiger partial charge in [0.1, 0.15) is 0 Å². The number of hydrogen-bond donors (Lipinski definition) is 0. The van der Waals surface area contributed by atoms with Gasteiger partial charge in [-0.1, -0.05) is 30.3 Å². The molecule has 0 radical (unpaired) electrons. The highest BCUT2D eigenvalue weighted by atomic mass is 16.5. The molecule has 2 aliphatic rings. The lowest BCUT2D eigenvalue weighted by atomic mass is 9.96. The zero-order valence-corrected chi connectivity index (χ0v) is 18.8. The first-order valence-electron chi connectivity index (χ1n) is 11.4. The second-order valence-electron chi connectivity index (χ2n) is 8.79. The number of carbonyl (C=O) groups excluding carboxylic acids is 1. The van der Waals surface area contributed by atoms with Crippen molar-refractivity contribution < 1.29 is 14.3 Å². The minimum atomic E-state index is 0.229.